The molecule has 1 N–H and O–H groups in total. The highest BCUT2D eigenvalue weighted by Gasteiger charge is 2.13. The second-order valence-electron chi connectivity index (χ2n) is 3.92. The van der Waals surface area contributed by atoms with Crippen LogP contribution in [0, 0.1) is 21.4 Å². The third kappa shape index (κ3) is 3.40. The lowest BCUT2D eigenvalue weighted by atomic mass is 10.1. The predicted octanol–water partition coefficient (Wildman–Crippen LogP) is 2.88. The Bertz CT molecular complexity index is 753. The number of amides is 1. The first-order chi connectivity index (χ1) is 10.0. The number of rotatable bonds is 3. The standard InChI is InChI=1S/C13H7BrN4O3/c14-12-4-1-8(7-16-12)13(19)17-11-3-2-10(18(20)21)5-9(11)6-15/h1-5,7H,(H,17,19). The molecule has 8 heteroatoms. The molecular formula is C13H7BrN4O3. The summed E-state index contributed by atoms with van der Waals surface area (Å²) in [5.74, 6) is -0.458. The molecule has 0 saturated heterocycles. The molecule has 7 nitrogen and oxygen atoms in total. The molecule has 0 aliphatic rings. The molecule has 1 aromatic heterocycles. The summed E-state index contributed by atoms with van der Waals surface area (Å²) < 4.78 is 0.590. The van der Waals surface area contributed by atoms with Crippen LogP contribution < -0.4 is 5.32 Å². The number of pyridine rings is 1. The number of carbonyl (C=O) groups excluding carboxylic acids is 1. The zero-order chi connectivity index (χ0) is 15.4. The molecule has 0 bridgehead atoms. The van der Waals surface area contributed by atoms with Crippen molar-refractivity contribution in [1.29, 1.82) is 5.26 Å². The molecule has 1 heterocycles. The highest BCUT2D eigenvalue weighted by atomic mass is 79.9. The summed E-state index contributed by atoms with van der Waals surface area (Å²) in [6, 6.07) is 8.63. The van der Waals surface area contributed by atoms with Crippen molar-refractivity contribution in [2.75, 3.05) is 5.32 Å². The van der Waals surface area contributed by atoms with Gasteiger partial charge in [0.15, 0.2) is 0 Å². The number of hydrogen-bond acceptors (Lipinski definition) is 5. The maximum atomic E-state index is 12.0. The highest BCUT2D eigenvalue weighted by Crippen LogP contribution is 2.22. The lowest BCUT2D eigenvalue weighted by Gasteiger charge is -2.06. The SMILES string of the molecule is N#Cc1cc([N+](=O)[O-])ccc1NC(=O)c1ccc(Br)nc1. The molecular weight excluding hydrogens is 340 g/mol. The van der Waals surface area contributed by atoms with Gasteiger partial charge < -0.3 is 5.32 Å². The number of anilines is 1. The van der Waals surface area contributed by atoms with Gasteiger partial charge in [-0.25, -0.2) is 4.98 Å². The number of aromatic nitrogens is 1. The van der Waals surface area contributed by atoms with Crippen LogP contribution in [0.4, 0.5) is 11.4 Å². The van der Waals surface area contributed by atoms with Crippen LogP contribution in [0.5, 0.6) is 0 Å². The summed E-state index contributed by atoms with van der Waals surface area (Å²) in [5, 5.41) is 22.2. The van der Waals surface area contributed by atoms with E-state index in [0.717, 1.165) is 6.07 Å². The molecule has 0 spiro atoms. The van der Waals surface area contributed by atoms with Gasteiger partial charge in [-0.15, -0.1) is 0 Å². The molecule has 0 atom stereocenters. The van der Waals surface area contributed by atoms with E-state index in [1.165, 1.54) is 18.3 Å². The van der Waals surface area contributed by atoms with Gasteiger partial charge in [-0.05, 0) is 34.1 Å². The van der Waals surface area contributed by atoms with E-state index in [0.29, 0.717) is 10.2 Å². The van der Waals surface area contributed by atoms with Crippen LogP contribution in [-0.2, 0) is 0 Å². The van der Waals surface area contributed by atoms with Crippen molar-refractivity contribution in [3.63, 3.8) is 0 Å². The maximum absolute atomic E-state index is 12.0. The van der Waals surface area contributed by atoms with Gasteiger partial charge in [0.05, 0.1) is 21.7 Å². The number of nitrogens with one attached hydrogen (secondary N) is 1. The Morgan fingerprint density at radius 1 is 1.38 bits per heavy atom. The van der Waals surface area contributed by atoms with E-state index in [-0.39, 0.29) is 16.9 Å². The van der Waals surface area contributed by atoms with E-state index < -0.39 is 10.8 Å². The van der Waals surface area contributed by atoms with Crippen LogP contribution >= 0.6 is 15.9 Å². The normalized spacial score (nSPS) is 9.71. The number of hydrogen-bond donors (Lipinski definition) is 1. The zero-order valence-corrected chi connectivity index (χ0v) is 12.0. The number of nitro groups is 1. The Kier molecular flexibility index (Phi) is 4.25. The van der Waals surface area contributed by atoms with Crippen molar-refractivity contribution in [3.8, 4) is 6.07 Å². The van der Waals surface area contributed by atoms with Crippen molar-refractivity contribution in [1.82, 2.24) is 4.98 Å². The molecule has 0 unspecified atom stereocenters. The minimum Gasteiger partial charge on any atom is -0.321 e. The fourth-order valence-corrected chi connectivity index (χ4v) is 1.79. The summed E-state index contributed by atoms with van der Waals surface area (Å²) in [5.41, 5.74) is 0.314. The van der Waals surface area contributed by atoms with Gasteiger partial charge >= 0.3 is 0 Å². The maximum Gasteiger partial charge on any atom is 0.270 e. The number of halogens is 1. The fourth-order valence-electron chi connectivity index (χ4n) is 1.55. The second-order valence-corrected chi connectivity index (χ2v) is 4.73. The molecule has 1 amide bonds. The molecule has 0 radical (unpaired) electrons. The molecule has 0 aliphatic heterocycles. The molecule has 21 heavy (non-hydrogen) atoms. The number of carbonyl (C=O) groups is 1. The van der Waals surface area contributed by atoms with Crippen LogP contribution in [0.25, 0.3) is 0 Å². The van der Waals surface area contributed by atoms with Gasteiger partial charge in [0, 0.05) is 18.3 Å². The summed E-state index contributed by atoms with van der Waals surface area (Å²) in [6.45, 7) is 0. The topological polar surface area (TPSA) is 109 Å². The Labute approximate surface area is 127 Å². The minimum absolute atomic E-state index is 0.0163. The smallest absolute Gasteiger partial charge is 0.270 e. The van der Waals surface area contributed by atoms with Gasteiger partial charge in [0.25, 0.3) is 11.6 Å². The van der Waals surface area contributed by atoms with E-state index in [9.17, 15) is 14.9 Å². The molecule has 0 fully saturated rings. The largest absolute Gasteiger partial charge is 0.321 e. The third-order valence-corrected chi connectivity index (χ3v) is 3.04. The van der Waals surface area contributed by atoms with Crippen LogP contribution in [0.15, 0.2) is 41.1 Å². The van der Waals surface area contributed by atoms with E-state index in [4.69, 9.17) is 5.26 Å². The predicted molar refractivity (Wildman–Crippen MR) is 77.7 cm³/mol. The van der Waals surface area contributed by atoms with Crippen LogP contribution in [-0.4, -0.2) is 15.8 Å². The Balaban J connectivity index is 2.27. The summed E-state index contributed by atoms with van der Waals surface area (Å²) in [6.07, 6.45) is 1.37. The van der Waals surface area contributed by atoms with Gasteiger partial charge in [0.2, 0.25) is 0 Å². The average molecular weight is 347 g/mol. The first-order valence-electron chi connectivity index (χ1n) is 5.62. The molecule has 0 aliphatic carbocycles. The van der Waals surface area contributed by atoms with Crippen molar-refractivity contribution in [2.45, 2.75) is 0 Å². The Morgan fingerprint density at radius 2 is 2.14 bits per heavy atom. The number of non-ortho nitro benzene ring substituents is 1. The number of nitriles is 1. The van der Waals surface area contributed by atoms with Crippen molar-refractivity contribution in [2.24, 2.45) is 0 Å². The monoisotopic (exact) mass is 346 g/mol. The zero-order valence-electron chi connectivity index (χ0n) is 10.4. The summed E-state index contributed by atoms with van der Waals surface area (Å²) in [7, 11) is 0. The summed E-state index contributed by atoms with van der Waals surface area (Å²) >= 11 is 3.16. The Hall–Kier alpha value is -2.79. The van der Waals surface area contributed by atoms with Crippen LogP contribution in [0.1, 0.15) is 15.9 Å². The number of benzene rings is 1. The quantitative estimate of drug-likeness (QED) is 0.522. The molecule has 104 valence electrons. The van der Waals surface area contributed by atoms with E-state index in [1.54, 1.807) is 12.1 Å². The molecule has 0 saturated carbocycles. The number of nitrogens with zero attached hydrogens (tertiary/aromatic N) is 3. The molecule has 2 rings (SSSR count). The first kappa shape index (κ1) is 14.6. The fraction of sp³-hybridized carbons (Fsp3) is 0. The number of nitro benzene ring substituents is 1. The third-order valence-electron chi connectivity index (χ3n) is 2.57. The lowest BCUT2D eigenvalue weighted by Crippen LogP contribution is -2.13. The van der Waals surface area contributed by atoms with Crippen LogP contribution in [0.3, 0.4) is 0 Å². The average Bonchev–Trinajstić information content (AvgIpc) is 2.48. The van der Waals surface area contributed by atoms with Crippen molar-refractivity contribution in [3.05, 3.63) is 62.4 Å². The van der Waals surface area contributed by atoms with E-state index in [1.807, 2.05) is 6.07 Å². The summed E-state index contributed by atoms with van der Waals surface area (Å²) in [4.78, 5) is 26.0. The van der Waals surface area contributed by atoms with Gasteiger partial charge in [-0.1, -0.05) is 0 Å². The minimum atomic E-state index is -0.606. The Morgan fingerprint density at radius 3 is 2.71 bits per heavy atom. The molecule has 1 aromatic carbocycles. The molecule has 2 aromatic rings. The van der Waals surface area contributed by atoms with Gasteiger partial charge in [-0.2, -0.15) is 5.26 Å². The van der Waals surface area contributed by atoms with Crippen molar-refractivity contribution >= 4 is 33.2 Å². The second kappa shape index (κ2) is 6.11. The first-order valence-corrected chi connectivity index (χ1v) is 6.42. The van der Waals surface area contributed by atoms with Gasteiger partial charge in [0.1, 0.15) is 10.7 Å². The van der Waals surface area contributed by atoms with E-state index in [2.05, 4.69) is 26.2 Å². The van der Waals surface area contributed by atoms with Crippen LogP contribution in [0.2, 0.25) is 0 Å². The highest BCUT2D eigenvalue weighted by molar-refractivity contribution is 9.10. The lowest BCUT2D eigenvalue weighted by molar-refractivity contribution is -0.384. The van der Waals surface area contributed by atoms with Crippen molar-refractivity contribution < 1.29 is 9.72 Å². The van der Waals surface area contributed by atoms with E-state index >= 15 is 0 Å². The van der Waals surface area contributed by atoms with Gasteiger partial charge in [-0.3, -0.25) is 14.9 Å².